The number of hydrogen-bond acceptors (Lipinski definition) is 6. The molecule has 1 amide bonds. The van der Waals surface area contributed by atoms with Crippen molar-refractivity contribution in [3.63, 3.8) is 0 Å². The molecule has 0 bridgehead atoms. The third kappa shape index (κ3) is 11.2. The lowest BCUT2D eigenvalue weighted by molar-refractivity contribution is -0.130. The fourth-order valence-electron chi connectivity index (χ4n) is 4.57. The van der Waals surface area contributed by atoms with E-state index < -0.39 is 0 Å². The standard InChI is InChI=1S/C32H45N5O2S/c1-4-5-6-7-8-9-10-11-12-13-18-36(3)30(38)23-37-22-29(19-28-20-33-25-34-21-28)31(39)35-32(37)40-24-27-16-14-26(2)15-17-27/h14-17,20-22,25H,4-13,18-19,23-24H2,1-3H3. The van der Waals surface area contributed by atoms with Crippen molar-refractivity contribution in [1.29, 1.82) is 0 Å². The van der Waals surface area contributed by atoms with E-state index in [0.717, 1.165) is 30.5 Å². The lowest BCUT2D eigenvalue weighted by Crippen LogP contribution is -2.32. The van der Waals surface area contributed by atoms with Crippen molar-refractivity contribution < 1.29 is 4.79 Å². The Hall–Kier alpha value is -3.00. The number of rotatable bonds is 18. The van der Waals surface area contributed by atoms with Crippen molar-refractivity contribution in [2.45, 2.75) is 102 Å². The third-order valence-electron chi connectivity index (χ3n) is 7.10. The van der Waals surface area contributed by atoms with Gasteiger partial charge >= 0.3 is 0 Å². The molecule has 40 heavy (non-hydrogen) atoms. The predicted octanol–water partition coefficient (Wildman–Crippen LogP) is 6.60. The van der Waals surface area contributed by atoms with Gasteiger partial charge < -0.3 is 9.47 Å². The van der Waals surface area contributed by atoms with Crippen LogP contribution >= 0.6 is 11.8 Å². The second-order valence-electron chi connectivity index (χ2n) is 10.7. The van der Waals surface area contributed by atoms with Gasteiger partial charge in [-0.2, -0.15) is 4.98 Å². The molecule has 1 aromatic carbocycles. The molecule has 7 nitrogen and oxygen atoms in total. The Balaban J connectivity index is 1.58. The second kappa shape index (κ2) is 17.6. The average Bonchev–Trinajstić information content (AvgIpc) is 2.96. The van der Waals surface area contributed by atoms with E-state index in [1.165, 1.54) is 75.0 Å². The third-order valence-corrected chi connectivity index (χ3v) is 8.17. The number of aryl methyl sites for hydroxylation is 1. The molecule has 0 aliphatic rings. The SMILES string of the molecule is CCCCCCCCCCCCN(C)C(=O)Cn1cc(Cc2cncnc2)c(=O)nc1SCc1ccc(C)cc1. The number of likely N-dealkylation sites (N-methyl/N-ethyl adjacent to an activating group) is 1. The molecular weight excluding hydrogens is 518 g/mol. The van der Waals surface area contributed by atoms with Gasteiger partial charge in [-0.1, -0.05) is 106 Å². The van der Waals surface area contributed by atoms with Crippen LogP contribution in [0.2, 0.25) is 0 Å². The first-order chi connectivity index (χ1) is 19.5. The molecule has 216 valence electrons. The van der Waals surface area contributed by atoms with Gasteiger partial charge in [-0.25, -0.2) is 9.97 Å². The van der Waals surface area contributed by atoms with Gasteiger partial charge in [0.15, 0.2) is 5.16 Å². The number of carbonyl (C=O) groups excluding carboxylic acids is 1. The summed E-state index contributed by atoms with van der Waals surface area (Å²) in [5.41, 5.74) is 3.43. The zero-order valence-corrected chi connectivity index (χ0v) is 25.3. The normalized spacial score (nSPS) is 11.1. The maximum Gasteiger partial charge on any atom is 0.277 e. The quantitative estimate of drug-likeness (QED) is 0.0985. The minimum absolute atomic E-state index is 0.0209. The van der Waals surface area contributed by atoms with Crippen LogP contribution in [0.4, 0.5) is 0 Å². The summed E-state index contributed by atoms with van der Waals surface area (Å²) in [5, 5.41) is 0.555. The van der Waals surface area contributed by atoms with Crippen molar-refractivity contribution in [3.05, 3.63) is 81.8 Å². The second-order valence-corrected chi connectivity index (χ2v) is 11.6. The van der Waals surface area contributed by atoms with E-state index in [1.54, 1.807) is 18.6 Å². The maximum absolute atomic E-state index is 13.2. The largest absolute Gasteiger partial charge is 0.344 e. The van der Waals surface area contributed by atoms with Gasteiger partial charge in [0, 0.05) is 49.9 Å². The first-order valence-electron chi connectivity index (χ1n) is 14.7. The molecule has 2 heterocycles. The van der Waals surface area contributed by atoms with Crippen molar-refractivity contribution >= 4 is 17.7 Å². The van der Waals surface area contributed by atoms with E-state index >= 15 is 0 Å². The first-order valence-corrected chi connectivity index (χ1v) is 15.7. The minimum atomic E-state index is -0.280. The molecular formula is C32H45N5O2S. The molecule has 0 aliphatic carbocycles. The van der Waals surface area contributed by atoms with Gasteiger partial charge in [-0.3, -0.25) is 9.59 Å². The van der Waals surface area contributed by atoms with Crippen LogP contribution in [0.5, 0.6) is 0 Å². The number of benzene rings is 1. The molecule has 0 aliphatic heterocycles. The molecule has 0 unspecified atom stereocenters. The van der Waals surface area contributed by atoms with E-state index in [1.807, 2.05) is 16.5 Å². The summed E-state index contributed by atoms with van der Waals surface area (Å²) in [6.45, 7) is 5.20. The van der Waals surface area contributed by atoms with Crippen molar-refractivity contribution in [3.8, 4) is 0 Å². The summed E-state index contributed by atoms with van der Waals surface area (Å²) >= 11 is 1.48. The van der Waals surface area contributed by atoms with E-state index in [2.05, 4.69) is 53.1 Å². The Kier molecular flexibility index (Phi) is 13.9. The summed E-state index contributed by atoms with van der Waals surface area (Å²) in [7, 11) is 1.87. The average molecular weight is 564 g/mol. The van der Waals surface area contributed by atoms with Gasteiger partial charge in [0.2, 0.25) is 5.91 Å². The van der Waals surface area contributed by atoms with Crippen molar-refractivity contribution in [2.75, 3.05) is 13.6 Å². The molecule has 2 aromatic heterocycles. The number of nitrogens with zero attached hydrogens (tertiary/aromatic N) is 5. The highest BCUT2D eigenvalue weighted by molar-refractivity contribution is 7.98. The molecule has 0 fully saturated rings. The fraction of sp³-hybridized carbons (Fsp3) is 0.531. The number of hydrogen-bond donors (Lipinski definition) is 0. The molecule has 0 atom stereocenters. The van der Waals surface area contributed by atoms with Crippen LogP contribution in [0, 0.1) is 6.92 Å². The van der Waals surface area contributed by atoms with E-state index in [9.17, 15) is 9.59 Å². The van der Waals surface area contributed by atoms with Crippen LogP contribution in [0.25, 0.3) is 0 Å². The lowest BCUT2D eigenvalue weighted by atomic mass is 10.1. The maximum atomic E-state index is 13.2. The van der Waals surface area contributed by atoms with Crippen LogP contribution in [-0.2, 0) is 23.5 Å². The van der Waals surface area contributed by atoms with E-state index in [0.29, 0.717) is 22.9 Å². The molecule has 0 spiro atoms. The van der Waals surface area contributed by atoms with Crippen LogP contribution in [-0.4, -0.2) is 43.9 Å². The van der Waals surface area contributed by atoms with Gasteiger partial charge in [0.1, 0.15) is 12.9 Å². The molecule has 0 saturated heterocycles. The van der Waals surface area contributed by atoms with E-state index in [4.69, 9.17) is 0 Å². The Morgan fingerprint density at radius 1 is 0.900 bits per heavy atom. The van der Waals surface area contributed by atoms with Crippen molar-refractivity contribution in [1.82, 2.24) is 24.4 Å². The predicted molar refractivity (Wildman–Crippen MR) is 164 cm³/mol. The summed E-state index contributed by atoms with van der Waals surface area (Å²) in [6.07, 6.45) is 19.7. The monoisotopic (exact) mass is 563 g/mol. The lowest BCUT2D eigenvalue weighted by Gasteiger charge is -2.20. The summed E-state index contributed by atoms with van der Waals surface area (Å²) < 4.78 is 1.83. The van der Waals surface area contributed by atoms with Crippen LogP contribution < -0.4 is 5.56 Å². The summed E-state index contributed by atoms with van der Waals surface area (Å²) in [4.78, 5) is 40.4. The topological polar surface area (TPSA) is 81.0 Å². The molecule has 3 aromatic rings. The molecule has 8 heteroatoms. The number of aromatic nitrogens is 4. The summed E-state index contributed by atoms with van der Waals surface area (Å²) in [6, 6.07) is 8.32. The van der Waals surface area contributed by atoms with Gasteiger partial charge in [-0.15, -0.1) is 0 Å². The molecule has 0 saturated carbocycles. The van der Waals surface area contributed by atoms with Crippen LogP contribution in [0.1, 0.15) is 93.4 Å². The van der Waals surface area contributed by atoms with Gasteiger partial charge in [0.05, 0.1) is 0 Å². The zero-order valence-electron chi connectivity index (χ0n) is 24.5. The molecule has 0 radical (unpaired) electrons. The number of unbranched alkanes of at least 4 members (excludes halogenated alkanes) is 9. The Morgan fingerprint density at radius 2 is 1.52 bits per heavy atom. The highest BCUT2D eigenvalue weighted by atomic mass is 32.2. The number of amides is 1. The Morgan fingerprint density at radius 3 is 2.17 bits per heavy atom. The number of thioether (sulfide) groups is 1. The Bertz CT molecular complexity index is 1210. The highest BCUT2D eigenvalue weighted by Crippen LogP contribution is 2.21. The highest BCUT2D eigenvalue weighted by Gasteiger charge is 2.15. The van der Waals surface area contributed by atoms with Crippen LogP contribution in [0.3, 0.4) is 0 Å². The first kappa shape index (κ1) is 31.5. The summed E-state index contributed by atoms with van der Waals surface area (Å²) in [5.74, 6) is 0.689. The smallest absolute Gasteiger partial charge is 0.277 e. The molecule has 0 N–H and O–H groups in total. The molecule has 3 rings (SSSR count). The van der Waals surface area contributed by atoms with Crippen LogP contribution in [0.15, 0.2) is 59.1 Å². The zero-order chi connectivity index (χ0) is 28.6. The minimum Gasteiger partial charge on any atom is -0.344 e. The number of carbonyl (C=O) groups is 1. The van der Waals surface area contributed by atoms with Crippen molar-refractivity contribution in [2.24, 2.45) is 0 Å². The van der Waals surface area contributed by atoms with E-state index in [-0.39, 0.29) is 18.0 Å². The van der Waals surface area contributed by atoms with Gasteiger partial charge in [-0.05, 0) is 24.5 Å². The Labute approximate surface area is 243 Å². The fourth-order valence-corrected chi connectivity index (χ4v) is 5.49. The van der Waals surface area contributed by atoms with Gasteiger partial charge in [0.25, 0.3) is 5.56 Å².